The van der Waals surface area contributed by atoms with Crippen molar-refractivity contribution >= 4 is 38.6 Å². The zero-order valence-corrected chi connectivity index (χ0v) is 27.1. The minimum absolute atomic E-state index is 0.0802. The number of fused-ring (bicyclic) bond motifs is 1. The largest absolute Gasteiger partial charge is 0.497 e. The Morgan fingerprint density at radius 1 is 0.956 bits per heavy atom. The monoisotopic (exact) mass is 651 g/mol. The lowest BCUT2D eigenvalue weighted by atomic mass is 10.0. The molecule has 0 N–H and O–H groups in total. The highest BCUT2D eigenvalue weighted by Gasteiger charge is 2.38. The number of carbonyl (C=O) groups is 1. The first-order chi connectivity index (χ1) is 21.7. The maximum absolute atomic E-state index is 14.5. The van der Waals surface area contributed by atoms with Gasteiger partial charge in [-0.1, -0.05) is 48.9 Å². The summed E-state index contributed by atoms with van der Waals surface area (Å²) in [6.45, 7) is 8.36. The molecule has 2 saturated heterocycles. The quantitative estimate of drug-likeness (QED) is 0.271. The molecule has 0 radical (unpaired) electrons. The number of aromatic nitrogens is 2. The number of likely N-dealkylation sites (tertiary alicyclic amines) is 1. The van der Waals surface area contributed by atoms with Gasteiger partial charge in [0.1, 0.15) is 11.8 Å². The molecule has 0 saturated carbocycles. The average molecular weight is 652 g/mol. The van der Waals surface area contributed by atoms with Crippen LogP contribution in [0.15, 0.2) is 82.5 Å². The Hall–Kier alpha value is -3.64. The highest BCUT2D eigenvalue weighted by atomic mass is 35.5. The number of rotatable bonds is 9. The SMILES string of the molecule is CCCN1CCN([C@@H]2CCN(C(=O)C(c3ccccc3)n3c(=O)n(S(=O)(=O)c4ccc(OC)cc4)c4ccc(Cl)cc43)C2)CC1. The molecule has 45 heavy (non-hydrogen) atoms. The van der Waals surface area contributed by atoms with Gasteiger partial charge in [-0.25, -0.2) is 13.2 Å². The van der Waals surface area contributed by atoms with Gasteiger partial charge in [-0.3, -0.25) is 14.3 Å². The fourth-order valence-electron chi connectivity index (χ4n) is 6.62. The van der Waals surface area contributed by atoms with E-state index in [0.717, 1.165) is 49.5 Å². The van der Waals surface area contributed by atoms with E-state index in [-0.39, 0.29) is 27.9 Å². The molecule has 10 nitrogen and oxygen atoms in total. The number of benzene rings is 3. The zero-order chi connectivity index (χ0) is 31.7. The van der Waals surface area contributed by atoms with Crippen molar-refractivity contribution < 1.29 is 17.9 Å². The number of ether oxygens (including phenoxy) is 1. The number of imidazole rings is 1. The molecule has 3 heterocycles. The van der Waals surface area contributed by atoms with Gasteiger partial charge < -0.3 is 14.5 Å². The second-order valence-corrected chi connectivity index (χ2v) is 13.9. The average Bonchev–Trinajstić information content (AvgIpc) is 3.66. The predicted molar refractivity (Wildman–Crippen MR) is 175 cm³/mol. The van der Waals surface area contributed by atoms with Crippen LogP contribution in [-0.2, 0) is 14.8 Å². The van der Waals surface area contributed by atoms with Gasteiger partial charge in [0, 0.05) is 50.3 Å². The lowest BCUT2D eigenvalue weighted by Crippen LogP contribution is -2.51. The normalized spacial score (nSPS) is 18.8. The van der Waals surface area contributed by atoms with E-state index >= 15 is 0 Å². The topological polar surface area (TPSA) is 97.1 Å². The number of carbonyl (C=O) groups excluding carboxylic acids is 1. The van der Waals surface area contributed by atoms with Gasteiger partial charge in [-0.2, -0.15) is 3.97 Å². The van der Waals surface area contributed by atoms with Gasteiger partial charge in [0.25, 0.3) is 15.9 Å². The van der Waals surface area contributed by atoms with E-state index in [0.29, 0.717) is 29.4 Å². The second-order valence-electron chi connectivity index (χ2n) is 11.6. The highest BCUT2D eigenvalue weighted by Crippen LogP contribution is 2.31. The lowest BCUT2D eigenvalue weighted by molar-refractivity contribution is -0.132. The van der Waals surface area contributed by atoms with Crippen LogP contribution in [0.4, 0.5) is 0 Å². The molecule has 4 aromatic rings. The van der Waals surface area contributed by atoms with Crippen molar-refractivity contribution in [2.45, 2.75) is 36.7 Å². The van der Waals surface area contributed by atoms with Gasteiger partial charge >= 0.3 is 5.69 Å². The van der Waals surface area contributed by atoms with Gasteiger partial charge in [-0.05, 0) is 67.4 Å². The third-order valence-corrected chi connectivity index (χ3v) is 10.9. The molecule has 1 aromatic heterocycles. The Kier molecular flexibility index (Phi) is 9.05. The molecule has 2 aliphatic rings. The fourth-order valence-corrected chi connectivity index (χ4v) is 8.18. The summed E-state index contributed by atoms with van der Waals surface area (Å²) in [6, 6.07) is 18.6. The summed E-state index contributed by atoms with van der Waals surface area (Å²) < 4.78 is 35.3. The standard InChI is InChI=1S/C33H38ClN5O5S/c1-3-16-35-18-20-36(21-19-35)26-15-17-37(23-26)32(40)31(24-7-5-4-6-8-24)38-30-22-25(34)9-14-29(30)39(33(38)41)45(42,43)28-12-10-27(44-2)11-13-28/h4-14,22,26,31H,3,15-21,23H2,1-2H3/t26-,31?/m1/s1. The molecular formula is C33H38ClN5O5S. The number of hydrogen-bond acceptors (Lipinski definition) is 7. The third-order valence-electron chi connectivity index (χ3n) is 8.94. The van der Waals surface area contributed by atoms with Crippen molar-refractivity contribution in [3.8, 4) is 5.75 Å². The summed E-state index contributed by atoms with van der Waals surface area (Å²) in [5.41, 5.74) is 0.142. The Morgan fingerprint density at radius 3 is 2.33 bits per heavy atom. The van der Waals surface area contributed by atoms with E-state index in [1.807, 2.05) is 23.1 Å². The predicted octanol–water partition coefficient (Wildman–Crippen LogP) is 3.92. The van der Waals surface area contributed by atoms with E-state index in [9.17, 15) is 18.0 Å². The number of nitrogens with zero attached hydrogens (tertiary/aromatic N) is 5. The van der Waals surface area contributed by atoms with Crippen LogP contribution in [0.3, 0.4) is 0 Å². The van der Waals surface area contributed by atoms with Crippen LogP contribution in [0.2, 0.25) is 5.02 Å². The molecule has 0 spiro atoms. The number of methoxy groups -OCH3 is 1. The molecule has 0 bridgehead atoms. The van der Waals surface area contributed by atoms with Crippen LogP contribution in [0.5, 0.6) is 5.75 Å². The minimum atomic E-state index is -4.36. The molecule has 238 valence electrons. The summed E-state index contributed by atoms with van der Waals surface area (Å²) in [6.07, 6.45) is 1.98. The van der Waals surface area contributed by atoms with E-state index < -0.39 is 21.8 Å². The van der Waals surface area contributed by atoms with Crippen LogP contribution in [0, 0.1) is 0 Å². The van der Waals surface area contributed by atoms with Crippen LogP contribution < -0.4 is 10.4 Å². The smallest absolute Gasteiger partial charge is 0.344 e. The van der Waals surface area contributed by atoms with E-state index in [1.54, 1.807) is 24.3 Å². The summed E-state index contributed by atoms with van der Waals surface area (Å²) in [4.78, 5) is 35.6. The molecule has 12 heteroatoms. The van der Waals surface area contributed by atoms with Gasteiger partial charge in [0.15, 0.2) is 0 Å². The number of piperazine rings is 1. The summed E-state index contributed by atoms with van der Waals surface area (Å²) in [5, 5.41) is 0.318. The second kappa shape index (κ2) is 13.0. The van der Waals surface area contributed by atoms with Crippen molar-refractivity contribution in [2.75, 3.05) is 52.9 Å². The Balaban J connectivity index is 1.40. The molecule has 2 atom stereocenters. The maximum atomic E-state index is 14.5. The first-order valence-corrected chi connectivity index (χ1v) is 17.2. The summed E-state index contributed by atoms with van der Waals surface area (Å²) in [5.74, 6) is 0.230. The number of amides is 1. The van der Waals surface area contributed by atoms with E-state index in [4.69, 9.17) is 16.3 Å². The molecule has 3 aromatic carbocycles. The van der Waals surface area contributed by atoms with Crippen molar-refractivity contribution in [3.05, 3.63) is 93.9 Å². The maximum Gasteiger partial charge on any atom is 0.344 e. The molecule has 6 rings (SSSR count). The van der Waals surface area contributed by atoms with Crippen molar-refractivity contribution in [3.63, 3.8) is 0 Å². The van der Waals surface area contributed by atoms with Crippen LogP contribution in [0.25, 0.3) is 11.0 Å². The van der Waals surface area contributed by atoms with Crippen LogP contribution in [-0.4, -0.2) is 96.5 Å². The summed E-state index contributed by atoms with van der Waals surface area (Å²) >= 11 is 6.42. The first-order valence-electron chi connectivity index (χ1n) is 15.3. The van der Waals surface area contributed by atoms with E-state index in [2.05, 4.69) is 16.7 Å². The van der Waals surface area contributed by atoms with Crippen molar-refractivity contribution in [1.82, 2.24) is 23.2 Å². The molecule has 1 amide bonds. The van der Waals surface area contributed by atoms with Gasteiger partial charge in [-0.15, -0.1) is 0 Å². The molecule has 2 fully saturated rings. The van der Waals surface area contributed by atoms with Gasteiger partial charge in [0.2, 0.25) is 0 Å². The van der Waals surface area contributed by atoms with Crippen LogP contribution >= 0.6 is 11.6 Å². The Labute approximate surface area is 268 Å². The number of halogens is 1. The fraction of sp³-hybridized carbons (Fsp3) is 0.394. The number of hydrogen-bond donors (Lipinski definition) is 0. The molecule has 0 aliphatic carbocycles. The molecule has 1 unspecified atom stereocenters. The Morgan fingerprint density at radius 2 is 1.67 bits per heavy atom. The third kappa shape index (κ3) is 6.02. The molecule has 2 aliphatic heterocycles. The van der Waals surface area contributed by atoms with Crippen molar-refractivity contribution in [1.29, 1.82) is 0 Å². The molecular weight excluding hydrogens is 614 g/mol. The highest BCUT2D eigenvalue weighted by molar-refractivity contribution is 7.90. The van der Waals surface area contributed by atoms with Crippen molar-refractivity contribution in [2.24, 2.45) is 0 Å². The summed E-state index contributed by atoms with van der Waals surface area (Å²) in [7, 11) is -2.87. The van der Waals surface area contributed by atoms with E-state index in [1.165, 1.54) is 42.0 Å². The minimum Gasteiger partial charge on any atom is -0.497 e. The Bertz CT molecular complexity index is 1830. The zero-order valence-electron chi connectivity index (χ0n) is 25.5. The lowest BCUT2D eigenvalue weighted by Gasteiger charge is -2.38. The van der Waals surface area contributed by atoms with Crippen LogP contribution in [0.1, 0.15) is 31.4 Å². The first kappa shape index (κ1) is 31.3. The van der Waals surface area contributed by atoms with Gasteiger partial charge in [0.05, 0.1) is 23.0 Å².